The lowest BCUT2D eigenvalue weighted by molar-refractivity contribution is -0.00978. The molecule has 172 valence electrons. The number of sulfonamides is 1. The zero-order chi connectivity index (χ0) is 23.1. The topological polar surface area (TPSA) is 109 Å². The van der Waals surface area contributed by atoms with E-state index in [1.807, 2.05) is 18.2 Å². The van der Waals surface area contributed by atoms with Gasteiger partial charge in [-0.25, -0.2) is 17.4 Å². The lowest BCUT2D eigenvalue weighted by Gasteiger charge is -2.39. The van der Waals surface area contributed by atoms with Crippen molar-refractivity contribution in [3.8, 4) is 0 Å². The minimum absolute atomic E-state index is 0.209. The third kappa shape index (κ3) is 4.33. The van der Waals surface area contributed by atoms with Crippen molar-refractivity contribution in [2.75, 3.05) is 13.1 Å². The molecule has 0 spiro atoms. The molecule has 1 N–H and O–H groups in total. The van der Waals surface area contributed by atoms with Gasteiger partial charge in [-0.2, -0.15) is 0 Å². The van der Waals surface area contributed by atoms with Crippen LogP contribution in [-0.2, 0) is 15.6 Å². The second-order valence-corrected chi connectivity index (χ2v) is 11.7. The van der Waals surface area contributed by atoms with Crippen molar-refractivity contribution in [3.63, 3.8) is 0 Å². The Kier molecular flexibility index (Phi) is 6.04. The lowest BCUT2D eigenvalue weighted by Crippen LogP contribution is -2.46. The summed E-state index contributed by atoms with van der Waals surface area (Å²) in [6.07, 6.45) is 6.13. The summed E-state index contributed by atoms with van der Waals surface area (Å²) in [5.41, 5.74) is 0.433. The molecule has 2 aliphatic rings. The van der Waals surface area contributed by atoms with Gasteiger partial charge in [-0.1, -0.05) is 46.7 Å². The Balaban J connectivity index is 1.33. The Hall–Kier alpha value is -2.24. The Morgan fingerprint density at radius 1 is 1.09 bits per heavy atom. The number of aromatic nitrogens is 3. The van der Waals surface area contributed by atoms with Crippen LogP contribution in [-0.4, -0.2) is 46.2 Å². The normalized spacial score (nSPS) is 20.8. The van der Waals surface area contributed by atoms with Crippen LogP contribution in [0.25, 0.3) is 4.91 Å². The van der Waals surface area contributed by atoms with Crippen molar-refractivity contribution in [1.82, 2.24) is 19.6 Å². The van der Waals surface area contributed by atoms with E-state index in [0.717, 1.165) is 15.4 Å². The van der Waals surface area contributed by atoms with E-state index in [4.69, 9.17) is 16.2 Å². The smallest absolute Gasteiger partial charge is 0.223 e. The molecule has 1 atom stereocenters. The number of fused-ring (bicyclic) bond motifs is 1. The number of halogens is 1. The van der Waals surface area contributed by atoms with Crippen molar-refractivity contribution in [2.45, 2.75) is 35.0 Å². The molecule has 5 rings (SSSR count). The number of nitrogens with zero attached hydrogens (tertiary/aromatic N) is 4. The summed E-state index contributed by atoms with van der Waals surface area (Å²) in [4.78, 5) is 5.78. The average molecular weight is 505 g/mol. The van der Waals surface area contributed by atoms with E-state index in [2.05, 4.69) is 15.3 Å². The van der Waals surface area contributed by atoms with Crippen LogP contribution < -0.4 is 0 Å². The first-order valence-corrected chi connectivity index (χ1v) is 13.1. The second-order valence-electron chi connectivity index (χ2n) is 8.06. The predicted octanol–water partition coefficient (Wildman–Crippen LogP) is 4.01. The third-order valence-corrected chi connectivity index (χ3v) is 9.66. The molecule has 11 heteroatoms. The molecule has 1 saturated heterocycles. The summed E-state index contributed by atoms with van der Waals surface area (Å²) in [7, 11) is -3.73. The van der Waals surface area contributed by atoms with Crippen molar-refractivity contribution >= 4 is 38.3 Å². The Bertz CT molecular complexity index is 1270. The number of hydrogen-bond donors (Lipinski definition) is 1. The molecule has 0 amide bonds. The van der Waals surface area contributed by atoms with E-state index in [1.54, 1.807) is 36.7 Å². The van der Waals surface area contributed by atoms with Gasteiger partial charge in [0, 0.05) is 40.3 Å². The van der Waals surface area contributed by atoms with Gasteiger partial charge in [0.1, 0.15) is 16.6 Å². The molecule has 3 aromatic rings. The monoisotopic (exact) mass is 504 g/mol. The molecule has 1 aliphatic carbocycles. The number of rotatable bonds is 5. The van der Waals surface area contributed by atoms with Crippen LogP contribution in [0.1, 0.15) is 41.5 Å². The van der Waals surface area contributed by atoms with Gasteiger partial charge in [0.25, 0.3) is 0 Å². The van der Waals surface area contributed by atoms with Crippen LogP contribution in [0.5, 0.6) is 0 Å². The van der Waals surface area contributed by atoms with Crippen LogP contribution in [0.2, 0.25) is 5.02 Å². The Morgan fingerprint density at radius 2 is 1.79 bits per heavy atom. The van der Waals surface area contributed by atoms with Gasteiger partial charge >= 0.3 is 0 Å². The number of piperidine rings is 1. The zero-order valence-electron chi connectivity index (χ0n) is 17.5. The molecule has 2 aromatic heterocycles. The van der Waals surface area contributed by atoms with E-state index in [9.17, 15) is 13.5 Å². The summed E-state index contributed by atoms with van der Waals surface area (Å²) in [5, 5.41) is 18.8. The van der Waals surface area contributed by atoms with Crippen molar-refractivity contribution < 1.29 is 18.2 Å². The highest BCUT2D eigenvalue weighted by molar-refractivity contribution is 8.08. The minimum Gasteiger partial charge on any atom is -0.385 e. The van der Waals surface area contributed by atoms with Gasteiger partial charge in [0.2, 0.25) is 10.0 Å². The number of hydrogen-bond acceptors (Lipinski definition) is 8. The fourth-order valence-electron chi connectivity index (χ4n) is 4.23. The van der Waals surface area contributed by atoms with E-state index in [1.165, 1.54) is 16.1 Å². The Morgan fingerprint density at radius 3 is 2.48 bits per heavy atom. The number of thioether (sulfide) groups is 1. The van der Waals surface area contributed by atoms with Crippen LogP contribution in [0.3, 0.4) is 0 Å². The predicted molar refractivity (Wildman–Crippen MR) is 125 cm³/mol. The van der Waals surface area contributed by atoms with Gasteiger partial charge in [-0.3, -0.25) is 4.98 Å². The second kappa shape index (κ2) is 8.84. The first kappa shape index (κ1) is 22.5. The molecule has 0 saturated carbocycles. The molecule has 1 aliphatic heterocycles. The maximum absolute atomic E-state index is 13.5. The highest BCUT2D eigenvalue weighted by Crippen LogP contribution is 2.45. The molecule has 1 aromatic carbocycles. The van der Waals surface area contributed by atoms with Crippen molar-refractivity contribution in [2.24, 2.45) is 0 Å². The van der Waals surface area contributed by atoms with Gasteiger partial charge in [-0.15, -0.1) is 0 Å². The minimum atomic E-state index is -3.73. The highest BCUT2D eigenvalue weighted by Gasteiger charge is 2.44. The molecule has 0 radical (unpaired) electrons. The van der Waals surface area contributed by atoms with Crippen LogP contribution in [0.15, 0.2) is 64.4 Å². The molecule has 1 unspecified atom stereocenters. The number of pyridine rings is 1. The first-order chi connectivity index (χ1) is 15.9. The highest BCUT2D eigenvalue weighted by atomic mass is 35.5. The maximum atomic E-state index is 13.5. The van der Waals surface area contributed by atoms with E-state index in [0.29, 0.717) is 29.3 Å². The standard InChI is InChI=1S/C22H21ClN4O4S2/c23-16-3-1-15(2-4-16)22(28)9-13-27(14-10-22)33(29,30)19-6-5-18(20-21(19)26-31-25-20)32-17-7-11-24-12-8-17/h1-5,7-8,11-12,19,28H,6,9-10,13-14H2. The molecule has 8 nitrogen and oxygen atoms in total. The van der Waals surface area contributed by atoms with E-state index in [-0.39, 0.29) is 19.5 Å². The van der Waals surface area contributed by atoms with Gasteiger partial charge < -0.3 is 5.11 Å². The molecule has 33 heavy (non-hydrogen) atoms. The first-order valence-electron chi connectivity index (χ1n) is 10.5. The molecular formula is C22H21ClN4O4S2. The largest absolute Gasteiger partial charge is 0.385 e. The van der Waals surface area contributed by atoms with Crippen LogP contribution in [0.4, 0.5) is 0 Å². The average Bonchev–Trinajstić information content (AvgIpc) is 3.31. The van der Waals surface area contributed by atoms with Gasteiger partial charge in [0.05, 0.1) is 5.60 Å². The SMILES string of the molecule is O=S(=O)(C1CC=C(Sc2ccncc2)c2nonc21)N1CCC(O)(c2ccc(Cl)cc2)CC1. The molecule has 1 fully saturated rings. The van der Waals surface area contributed by atoms with Gasteiger partial charge in [-0.05, 0) is 54.2 Å². The van der Waals surface area contributed by atoms with Gasteiger partial charge in [0.15, 0.2) is 0 Å². The summed E-state index contributed by atoms with van der Waals surface area (Å²) in [6.45, 7) is 0.418. The van der Waals surface area contributed by atoms with Crippen LogP contribution in [0, 0.1) is 0 Å². The maximum Gasteiger partial charge on any atom is 0.223 e. The molecular weight excluding hydrogens is 484 g/mol. The number of benzene rings is 1. The molecule has 0 bridgehead atoms. The van der Waals surface area contributed by atoms with E-state index < -0.39 is 20.9 Å². The van der Waals surface area contributed by atoms with Crippen molar-refractivity contribution in [1.29, 1.82) is 0 Å². The quantitative estimate of drug-likeness (QED) is 0.555. The summed E-state index contributed by atoms with van der Waals surface area (Å²) in [6, 6.07) is 10.8. The zero-order valence-corrected chi connectivity index (χ0v) is 19.9. The summed E-state index contributed by atoms with van der Waals surface area (Å²) < 4.78 is 33.5. The number of allylic oxidation sites excluding steroid dienone is 1. The van der Waals surface area contributed by atoms with E-state index >= 15 is 0 Å². The fraction of sp³-hybridized carbons (Fsp3) is 0.318. The summed E-state index contributed by atoms with van der Waals surface area (Å²) >= 11 is 7.42. The summed E-state index contributed by atoms with van der Waals surface area (Å²) in [5.74, 6) is 0. The third-order valence-electron chi connectivity index (χ3n) is 6.10. The van der Waals surface area contributed by atoms with Crippen molar-refractivity contribution in [3.05, 3.63) is 76.8 Å². The Labute approximate surface area is 200 Å². The lowest BCUT2D eigenvalue weighted by atomic mass is 9.85. The molecule has 3 heterocycles. The van der Waals surface area contributed by atoms with Crippen LogP contribution >= 0.6 is 23.4 Å². The number of aliphatic hydroxyl groups is 1. The fourth-order valence-corrected chi connectivity index (χ4v) is 7.11.